The highest BCUT2D eigenvalue weighted by molar-refractivity contribution is 9.10. The van der Waals surface area contributed by atoms with E-state index in [9.17, 15) is 0 Å². The molecule has 0 amide bonds. The highest BCUT2D eigenvalue weighted by atomic mass is 79.9. The SMILES string of the molecule is CC(C)n1ncc(Br)c1C(NN)c1c(Cl)cccc1Cl. The molecule has 0 radical (unpaired) electrons. The molecule has 0 aliphatic rings. The molecule has 1 heterocycles. The van der Waals surface area contributed by atoms with Gasteiger partial charge in [0, 0.05) is 21.7 Å². The highest BCUT2D eigenvalue weighted by Gasteiger charge is 2.25. The predicted octanol–water partition coefficient (Wildman–Crippen LogP) is 4.09. The summed E-state index contributed by atoms with van der Waals surface area (Å²) >= 11 is 16.1. The third kappa shape index (κ3) is 2.87. The second-order valence-corrected chi connectivity index (χ2v) is 6.32. The van der Waals surface area contributed by atoms with Crippen molar-refractivity contribution in [1.82, 2.24) is 15.2 Å². The second-order valence-electron chi connectivity index (χ2n) is 4.65. The summed E-state index contributed by atoms with van der Waals surface area (Å²) in [6.45, 7) is 4.09. The van der Waals surface area contributed by atoms with Crippen LogP contribution in [0.4, 0.5) is 0 Å². The minimum atomic E-state index is -0.351. The van der Waals surface area contributed by atoms with Crippen molar-refractivity contribution < 1.29 is 0 Å². The van der Waals surface area contributed by atoms with Crippen molar-refractivity contribution in [3.8, 4) is 0 Å². The van der Waals surface area contributed by atoms with Crippen molar-refractivity contribution in [3.05, 3.63) is 50.2 Å². The third-order valence-electron chi connectivity index (χ3n) is 3.00. The van der Waals surface area contributed by atoms with Crippen LogP contribution < -0.4 is 11.3 Å². The number of nitrogens with two attached hydrogens (primary N) is 1. The van der Waals surface area contributed by atoms with E-state index in [0.717, 1.165) is 15.7 Å². The lowest BCUT2D eigenvalue weighted by atomic mass is 10.0. The standard InChI is InChI=1S/C13H15BrCl2N4/c1-7(2)20-13(8(14)6-18-20)12(19-17)11-9(15)4-3-5-10(11)16/h3-7,12,19H,17H2,1-2H3. The Morgan fingerprint density at radius 3 is 2.40 bits per heavy atom. The Morgan fingerprint density at radius 1 is 1.30 bits per heavy atom. The van der Waals surface area contributed by atoms with E-state index < -0.39 is 0 Å². The summed E-state index contributed by atoms with van der Waals surface area (Å²) in [4.78, 5) is 0. The van der Waals surface area contributed by atoms with Crippen LogP contribution in [0, 0.1) is 0 Å². The summed E-state index contributed by atoms with van der Waals surface area (Å²) in [5.41, 5.74) is 4.40. The quantitative estimate of drug-likeness (QED) is 0.623. The molecule has 0 saturated carbocycles. The van der Waals surface area contributed by atoms with Gasteiger partial charge in [-0.3, -0.25) is 10.5 Å². The molecule has 4 nitrogen and oxygen atoms in total. The number of aromatic nitrogens is 2. The zero-order valence-corrected chi connectivity index (χ0v) is 14.2. The molecular weight excluding hydrogens is 363 g/mol. The van der Waals surface area contributed by atoms with Gasteiger partial charge in [0.05, 0.1) is 22.4 Å². The van der Waals surface area contributed by atoms with E-state index in [-0.39, 0.29) is 12.1 Å². The van der Waals surface area contributed by atoms with Crippen molar-refractivity contribution >= 4 is 39.1 Å². The maximum atomic E-state index is 6.28. The number of hydrogen-bond donors (Lipinski definition) is 2. The van der Waals surface area contributed by atoms with E-state index in [0.29, 0.717) is 10.0 Å². The number of hydrazine groups is 1. The van der Waals surface area contributed by atoms with Gasteiger partial charge >= 0.3 is 0 Å². The zero-order valence-electron chi connectivity index (χ0n) is 11.1. The Morgan fingerprint density at radius 2 is 1.90 bits per heavy atom. The van der Waals surface area contributed by atoms with Crippen molar-refractivity contribution in [2.75, 3.05) is 0 Å². The van der Waals surface area contributed by atoms with E-state index in [4.69, 9.17) is 29.0 Å². The molecule has 2 aromatic rings. The number of nitrogens with one attached hydrogen (secondary N) is 1. The molecule has 1 atom stereocenters. The first-order valence-electron chi connectivity index (χ1n) is 6.10. The maximum Gasteiger partial charge on any atom is 0.0918 e. The van der Waals surface area contributed by atoms with E-state index in [1.165, 1.54) is 0 Å². The molecule has 0 spiro atoms. The molecule has 20 heavy (non-hydrogen) atoms. The van der Waals surface area contributed by atoms with Crippen LogP contribution in [-0.2, 0) is 0 Å². The van der Waals surface area contributed by atoms with Crippen molar-refractivity contribution in [3.63, 3.8) is 0 Å². The molecule has 1 aromatic carbocycles. The first-order chi connectivity index (χ1) is 9.47. The third-order valence-corrected chi connectivity index (χ3v) is 4.27. The summed E-state index contributed by atoms with van der Waals surface area (Å²) in [5.74, 6) is 5.74. The topological polar surface area (TPSA) is 55.9 Å². The van der Waals surface area contributed by atoms with Gasteiger partial charge in [0.15, 0.2) is 0 Å². The fraction of sp³-hybridized carbons (Fsp3) is 0.308. The van der Waals surface area contributed by atoms with Gasteiger partial charge in [-0.1, -0.05) is 29.3 Å². The van der Waals surface area contributed by atoms with Crippen molar-refractivity contribution in [2.24, 2.45) is 5.84 Å². The maximum absolute atomic E-state index is 6.28. The molecule has 7 heteroatoms. The van der Waals surface area contributed by atoms with Gasteiger partial charge in [0.1, 0.15) is 0 Å². The van der Waals surface area contributed by atoms with Gasteiger partial charge in [0.2, 0.25) is 0 Å². The lowest BCUT2D eigenvalue weighted by molar-refractivity contribution is 0.475. The lowest BCUT2D eigenvalue weighted by Crippen LogP contribution is -2.31. The number of benzene rings is 1. The van der Waals surface area contributed by atoms with Crippen LogP contribution in [0.2, 0.25) is 10.0 Å². The summed E-state index contributed by atoms with van der Waals surface area (Å²) in [7, 11) is 0. The molecule has 108 valence electrons. The Kier molecular flexibility index (Phi) is 5.09. The number of hydrogen-bond acceptors (Lipinski definition) is 3. The van der Waals surface area contributed by atoms with Gasteiger partial charge in [0.25, 0.3) is 0 Å². The lowest BCUT2D eigenvalue weighted by Gasteiger charge is -2.22. The Bertz CT molecular complexity index is 592. The Hall–Kier alpha value is -0.590. The molecule has 1 unspecified atom stereocenters. The minimum absolute atomic E-state index is 0.188. The monoisotopic (exact) mass is 376 g/mol. The second kappa shape index (κ2) is 6.45. The number of nitrogens with zero attached hydrogens (tertiary/aromatic N) is 2. The van der Waals surface area contributed by atoms with Crippen molar-refractivity contribution in [2.45, 2.75) is 25.9 Å². The van der Waals surface area contributed by atoms with Gasteiger partial charge in [-0.05, 0) is 41.9 Å². The van der Waals surface area contributed by atoms with Crippen LogP contribution in [0.1, 0.15) is 37.2 Å². The molecule has 3 N–H and O–H groups in total. The van der Waals surface area contributed by atoms with Crippen molar-refractivity contribution in [1.29, 1.82) is 0 Å². The zero-order chi connectivity index (χ0) is 14.9. The largest absolute Gasteiger partial charge is 0.271 e. The van der Waals surface area contributed by atoms with Gasteiger partial charge < -0.3 is 0 Å². The van der Waals surface area contributed by atoms with E-state index in [1.807, 2.05) is 18.5 Å². The summed E-state index contributed by atoms with van der Waals surface area (Å²) < 4.78 is 2.74. The van der Waals surface area contributed by atoms with Crippen LogP contribution in [0.3, 0.4) is 0 Å². The van der Waals surface area contributed by atoms with E-state index >= 15 is 0 Å². The van der Waals surface area contributed by atoms with Gasteiger partial charge in [-0.15, -0.1) is 0 Å². The fourth-order valence-corrected chi connectivity index (χ4v) is 3.24. The normalized spacial score (nSPS) is 12.9. The average Bonchev–Trinajstić information content (AvgIpc) is 2.76. The molecule has 0 fully saturated rings. The van der Waals surface area contributed by atoms with Crippen LogP contribution in [0.25, 0.3) is 0 Å². The van der Waals surface area contributed by atoms with Crippen LogP contribution in [0.5, 0.6) is 0 Å². The molecular formula is C13H15BrCl2N4. The molecule has 0 aliphatic heterocycles. The first kappa shape index (κ1) is 15.8. The highest BCUT2D eigenvalue weighted by Crippen LogP contribution is 2.37. The van der Waals surface area contributed by atoms with Crippen LogP contribution in [0.15, 0.2) is 28.9 Å². The summed E-state index contributed by atoms with van der Waals surface area (Å²) in [6.07, 6.45) is 1.74. The first-order valence-corrected chi connectivity index (χ1v) is 7.65. The smallest absolute Gasteiger partial charge is 0.0918 e. The minimum Gasteiger partial charge on any atom is -0.271 e. The van der Waals surface area contributed by atoms with Crippen LogP contribution in [-0.4, -0.2) is 9.78 Å². The summed E-state index contributed by atoms with van der Waals surface area (Å²) in [6, 6.07) is 5.22. The molecule has 0 bridgehead atoms. The number of halogens is 3. The molecule has 0 saturated heterocycles. The number of rotatable bonds is 4. The Balaban J connectivity index is 2.62. The van der Waals surface area contributed by atoms with Gasteiger partial charge in [-0.2, -0.15) is 5.10 Å². The molecule has 0 aliphatic carbocycles. The fourth-order valence-electron chi connectivity index (χ4n) is 2.12. The summed E-state index contributed by atoms with van der Waals surface area (Å²) in [5, 5.41) is 5.48. The van der Waals surface area contributed by atoms with Crippen LogP contribution >= 0.6 is 39.1 Å². The van der Waals surface area contributed by atoms with E-state index in [2.05, 4.69) is 26.5 Å². The molecule has 1 aromatic heterocycles. The van der Waals surface area contributed by atoms with Gasteiger partial charge in [-0.25, -0.2) is 5.43 Å². The predicted molar refractivity (Wildman–Crippen MR) is 85.9 cm³/mol. The Labute approximate surface area is 136 Å². The molecule has 2 rings (SSSR count). The average molecular weight is 378 g/mol. The van der Waals surface area contributed by atoms with E-state index in [1.54, 1.807) is 24.4 Å².